The Balaban J connectivity index is -0.000000403. The lowest BCUT2D eigenvalue weighted by Gasteiger charge is -2.41. The monoisotopic (exact) mass is 1680 g/mol. The van der Waals surface area contributed by atoms with E-state index in [1.54, 1.807) is 18.7 Å². The smallest absolute Gasteiger partial charge is 0.228 e. The second-order valence-electron chi connectivity index (χ2n) is 45.4. The fourth-order valence-electron chi connectivity index (χ4n) is 11.6. The van der Waals surface area contributed by atoms with Crippen molar-refractivity contribution >= 4 is 46.9 Å². The average molecular weight is 1680 g/mol. The second kappa shape index (κ2) is 57.8. The van der Waals surface area contributed by atoms with Crippen LogP contribution < -0.4 is 5.32 Å². The fraction of sp³-hybridized carbons (Fsp3) is 0.860. The van der Waals surface area contributed by atoms with Gasteiger partial charge < -0.3 is 39.5 Å². The first-order chi connectivity index (χ1) is 53.2. The average Bonchev–Trinajstić information content (AvgIpc) is 0.866. The van der Waals surface area contributed by atoms with Gasteiger partial charge in [0.15, 0.2) is 0 Å². The Morgan fingerprint density at radius 2 is 0.714 bits per heavy atom. The van der Waals surface area contributed by atoms with Gasteiger partial charge in [0.2, 0.25) is 29.5 Å². The minimum Gasteiger partial charge on any atom is -0.379 e. The van der Waals surface area contributed by atoms with Gasteiger partial charge in [0, 0.05) is 173 Å². The van der Waals surface area contributed by atoms with Crippen molar-refractivity contribution in [2.75, 3.05) is 152 Å². The molecule has 1 aromatic carbocycles. The number of ketones is 3. The number of ether oxygens (including phenoxy) is 1. The normalized spacial score (nSPS) is 17.1. The molecule has 702 valence electrons. The van der Waals surface area contributed by atoms with Crippen LogP contribution in [0.3, 0.4) is 0 Å². The number of nitrogens with zero attached hydrogens (tertiary/aromatic N) is 9. The van der Waals surface area contributed by atoms with E-state index in [9.17, 15) is 38.4 Å². The van der Waals surface area contributed by atoms with E-state index in [1.165, 1.54) is 110 Å². The summed E-state index contributed by atoms with van der Waals surface area (Å²) in [6.07, 6.45) is 13.5. The van der Waals surface area contributed by atoms with Crippen LogP contribution in [0, 0.1) is 54.7 Å². The van der Waals surface area contributed by atoms with Crippen molar-refractivity contribution in [3.63, 3.8) is 0 Å². The van der Waals surface area contributed by atoms with Crippen LogP contribution in [-0.4, -0.2) is 254 Å². The Kier molecular flexibility index (Phi) is 59.7. The summed E-state index contributed by atoms with van der Waals surface area (Å²) in [6, 6.07) is 10.0. The lowest BCUT2D eigenvalue weighted by molar-refractivity contribution is -0.141. The predicted octanol–water partition coefficient (Wildman–Crippen LogP) is 20.3. The maximum atomic E-state index is 11.9. The summed E-state index contributed by atoms with van der Waals surface area (Å²) in [7, 11) is 6.14. The maximum Gasteiger partial charge on any atom is 0.228 e. The molecule has 7 rings (SSSR count). The third-order valence-corrected chi connectivity index (χ3v) is 20.9. The van der Waals surface area contributed by atoms with E-state index in [4.69, 9.17) is 4.74 Å². The Labute approximate surface area is 737 Å². The number of Topliss-reactive ketones (excluding diaryl/α,β-unsaturated/α-hetero) is 3. The summed E-state index contributed by atoms with van der Waals surface area (Å²) >= 11 is 0. The molecule has 119 heavy (non-hydrogen) atoms. The molecule has 19 heteroatoms. The topological polar surface area (TPSA) is 187 Å². The zero-order valence-corrected chi connectivity index (χ0v) is 85.3. The van der Waals surface area contributed by atoms with Crippen LogP contribution in [0.1, 0.15) is 347 Å². The van der Waals surface area contributed by atoms with E-state index in [2.05, 4.69) is 120 Å². The van der Waals surface area contributed by atoms with Crippen molar-refractivity contribution in [2.24, 2.45) is 54.7 Å². The van der Waals surface area contributed by atoms with Gasteiger partial charge in [0.1, 0.15) is 17.3 Å². The molecule has 0 aliphatic carbocycles. The Hall–Kier alpha value is -4.66. The summed E-state index contributed by atoms with van der Waals surface area (Å²) in [4.78, 5) is 110. The van der Waals surface area contributed by atoms with Crippen molar-refractivity contribution in [2.45, 2.75) is 359 Å². The number of carbonyl (C=O) groups excluding carboxylic acids is 8. The number of likely N-dealkylation sites (N-methyl/N-ethyl adjacent to an activating group) is 2. The number of hydrogen-bond acceptors (Lipinski definition) is 14. The molecule has 0 spiro atoms. The van der Waals surface area contributed by atoms with E-state index in [-0.39, 0.29) is 80.0 Å². The van der Waals surface area contributed by atoms with Crippen LogP contribution in [0.15, 0.2) is 30.3 Å². The van der Waals surface area contributed by atoms with Gasteiger partial charge in [-0.15, -0.1) is 0 Å². The number of hydrogen-bond donors (Lipinski definition) is 1. The van der Waals surface area contributed by atoms with Crippen LogP contribution in [0.25, 0.3) is 0 Å². The van der Waals surface area contributed by atoms with Crippen molar-refractivity contribution in [1.29, 1.82) is 0 Å². The highest BCUT2D eigenvalue weighted by Gasteiger charge is 2.33. The molecule has 6 saturated heterocycles. The molecule has 5 amide bonds. The summed E-state index contributed by atoms with van der Waals surface area (Å²) in [6.45, 7) is 98.6. The van der Waals surface area contributed by atoms with E-state index >= 15 is 0 Å². The molecule has 6 aliphatic rings. The van der Waals surface area contributed by atoms with Gasteiger partial charge in [-0.2, -0.15) is 0 Å². The largest absolute Gasteiger partial charge is 0.379 e. The molecular weight excluding hydrogens is 1490 g/mol. The van der Waals surface area contributed by atoms with Crippen LogP contribution in [0.4, 0.5) is 0 Å². The van der Waals surface area contributed by atoms with Crippen LogP contribution >= 0.6 is 0 Å². The number of morpholine rings is 1. The summed E-state index contributed by atoms with van der Waals surface area (Å²) in [5.74, 6) is 2.54. The van der Waals surface area contributed by atoms with Crippen molar-refractivity contribution < 1.29 is 43.1 Å². The lowest BCUT2D eigenvalue weighted by atomic mass is 9.90. The first-order valence-electron chi connectivity index (χ1n) is 45.4. The molecule has 1 N–H and O–H groups in total. The third-order valence-electron chi connectivity index (χ3n) is 20.9. The Morgan fingerprint density at radius 1 is 0.403 bits per heavy atom. The third kappa shape index (κ3) is 63.9. The number of amides is 5. The van der Waals surface area contributed by atoms with Gasteiger partial charge in [0.05, 0.1) is 13.2 Å². The minimum absolute atomic E-state index is 0. The van der Waals surface area contributed by atoms with Gasteiger partial charge in [-0.1, -0.05) is 252 Å². The molecule has 0 atom stereocenters. The number of nitrogens with one attached hydrogen (secondary N) is 1. The van der Waals surface area contributed by atoms with Crippen molar-refractivity contribution in [3.05, 3.63) is 35.9 Å². The SMILES string of the molecule is C.CC(=O)C(C)(C)C.CC(=O)C(C)(C)C.CC(C)(C)C(=O)N1CCCCC1.CC(C)(C)C(=O)N1CCCCC1.CC(C)(C)CCN1CCOCC1.CC(C)(C)N1CCCCC1.CC(C)CNC(=O)C(C)(C)C.CCC(=O)C(C)(C)C.CN(Cc1ccccc1)C(=O)C(C)(C)C.CN1CCN(C(=O)C(C)(C)C)CC1.CN1CCN(C(C)(C)C)CC1. The standard InChI is InChI=1S/C13H19NO.C10H20N2O.C10H21NO.2C10H19NO.C9H20N2.C9H19NO.C9H19N.C7H14O.2C6H12O.CH4/c1-13(2,3)12(15)14(4)10-11-8-6-5-7-9-11;1-10(2,3)9(13)12-7-5-11(4)6-8-12;1-10(2,3)4-5-11-6-8-12-9-7-11;2*1-10(2,3)9(12)11-7-5-4-6-8-11;1-9(2,3)11-7-5-10(4)6-8-11;1-7(2)6-10-8(11)9(3,4)5;1-9(2,3)10-7-5-4-6-8-10;1-5-6(8)7(2,3)4;2*1-5(7)6(2,3)4;/h5-9H,10H2,1-4H3;5-8H2,1-4H3;4-9H2,1-3H3;2*4-8H2,1-3H3;5-8H2,1-4H3;7H,6H2,1-5H3,(H,10,11);4-8H2,1-3H3;5H2,1-4H3;2*1-4H3;1H4. The van der Waals surface area contributed by atoms with Crippen molar-refractivity contribution in [1.82, 2.24) is 49.4 Å². The highest BCUT2D eigenvalue weighted by Crippen LogP contribution is 2.26. The first-order valence-corrected chi connectivity index (χ1v) is 45.4. The Morgan fingerprint density at radius 3 is 0.966 bits per heavy atom. The molecule has 0 saturated carbocycles. The van der Waals surface area contributed by atoms with Gasteiger partial charge in [-0.05, 0) is 164 Å². The molecule has 6 heterocycles. The summed E-state index contributed by atoms with van der Waals surface area (Å²) < 4.78 is 5.29. The van der Waals surface area contributed by atoms with E-state index < -0.39 is 0 Å². The zero-order chi connectivity index (χ0) is 93.0. The molecule has 0 unspecified atom stereocenters. The van der Waals surface area contributed by atoms with Crippen LogP contribution in [-0.2, 0) is 49.6 Å². The highest BCUT2D eigenvalue weighted by atomic mass is 16.5. The Bertz CT molecular complexity index is 2820. The lowest BCUT2D eigenvalue weighted by Crippen LogP contribution is -2.52. The summed E-state index contributed by atoms with van der Waals surface area (Å²) in [5, 5.41) is 2.88. The molecule has 6 fully saturated rings. The second-order valence-corrected chi connectivity index (χ2v) is 45.4. The molecule has 0 radical (unpaired) electrons. The van der Waals surface area contributed by atoms with Crippen LogP contribution in [0.5, 0.6) is 0 Å². The first kappa shape index (κ1) is 123. The number of carbonyl (C=O) groups is 8. The number of likely N-dealkylation sites (tertiary alicyclic amines) is 3. The molecule has 6 aliphatic heterocycles. The summed E-state index contributed by atoms with van der Waals surface area (Å²) in [5.41, 5.74) is 0.815. The predicted molar refractivity (Wildman–Crippen MR) is 510 cm³/mol. The van der Waals surface area contributed by atoms with Crippen LogP contribution in [0.2, 0.25) is 0 Å². The van der Waals surface area contributed by atoms with Crippen molar-refractivity contribution in [3.8, 4) is 0 Å². The molecule has 19 nitrogen and oxygen atoms in total. The quantitative estimate of drug-likeness (QED) is 0.272. The van der Waals surface area contributed by atoms with E-state index in [1.807, 2.05) is 225 Å². The number of piperidine rings is 3. The van der Waals surface area contributed by atoms with E-state index in [0.717, 1.165) is 90.8 Å². The van der Waals surface area contributed by atoms with Gasteiger partial charge in [-0.25, -0.2) is 0 Å². The molecular formula is C100H198N10O9. The molecule has 1 aromatic rings. The zero-order valence-electron chi connectivity index (χ0n) is 85.3. The van der Waals surface area contributed by atoms with E-state index in [0.29, 0.717) is 53.0 Å². The minimum atomic E-state index is -0.302. The highest BCUT2D eigenvalue weighted by molar-refractivity contribution is 5.84. The number of rotatable bonds is 7. The molecule has 0 aromatic heterocycles. The molecule has 0 bridgehead atoms. The number of piperazine rings is 2. The van der Waals surface area contributed by atoms with Gasteiger partial charge in [-0.3, -0.25) is 53.1 Å². The number of benzene rings is 1. The van der Waals surface area contributed by atoms with Gasteiger partial charge in [0.25, 0.3) is 0 Å². The van der Waals surface area contributed by atoms with Gasteiger partial charge >= 0.3 is 0 Å². The fourth-order valence-corrected chi connectivity index (χ4v) is 11.6. The maximum absolute atomic E-state index is 11.9.